The highest BCUT2D eigenvalue weighted by Gasteiger charge is 2.68. The number of alkyl carbamates (subject to hydrolysis) is 1. The third-order valence-corrected chi connectivity index (χ3v) is 5.33. The molecule has 0 aromatic rings. The third kappa shape index (κ3) is 3.80. The molecule has 2 fully saturated rings. The van der Waals surface area contributed by atoms with Crippen LogP contribution in [0.1, 0.15) is 47.0 Å². The fraction of sp³-hybridized carbons (Fsp3) is 0.867. The maximum Gasteiger partial charge on any atom is 0.407 e. The van der Waals surface area contributed by atoms with Crippen LogP contribution in [0, 0.1) is 5.41 Å². The maximum atomic E-state index is 12.5. The van der Waals surface area contributed by atoms with E-state index in [4.69, 9.17) is 27.9 Å². The average Bonchev–Trinajstić information content (AvgIpc) is 2.87. The Morgan fingerprint density at radius 1 is 1.23 bits per heavy atom. The summed E-state index contributed by atoms with van der Waals surface area (Å²) in [6.07, 6.45) is 1.50. The molecule has 2 rings (SSSR count). The lowest BCUT2D eigenvalue weighted by atomic mass is 10.0. The van der Waals surface area contributed by atoms with Crippen molar-refractivity contribution in [2.24, 2.45) is 5.41 Å². The summed E-state index contributed by atoms with van der Waals surface area (Å²) in [5.74, 6) is 0.00761. The van der Waals surface area contributed by atoms with Gasteiger partial charge in [-0.25, -0.2) is 4.79 Å². The molecule has 2 aliphatic rings. The molecule has 22 heavy (non-hydrogen) atoms. The molecule has 0 bridgehead atoms. The fourth-order valence-corrected chi connectivity index (χ4v) is 3.38. The normalized spacial score (nSPS) is 28.2. The van der Waals surface area contributed by atoms with Gasteiger partial charge in [0, 0.05) is 19.1 Å². The van der Waals surface area contributed by atoms with Crippen LogP contribution in [0.4, 0.5) is 4.79 Å². The Morgan fingerprint density at radius 2 is 1.73 bits per heavy atom. The molecular weight excluding hydrogens is 327 g/mol. The zero-order valence-corrected chi connectivity index (χ0v) is 15.1. The average molecular weight is 351 g/mol. The largest absolute Gasteiger partial charge is 0.444 e. The van der Waals surface area contributed by atoms with Crippen molar-refractivity contribution >= 4 is 35.2 Å². The maximum absolute atomic E-state index is 12.5. The molecule has 2 amide bonds. The minimum absolute atomic E-state index is 0.00761. The molecule has 1 aliphatic heterocycles. The van der Waals surface area contributed by atoms with Crippen molar-refractivity contribution in [1.29, 1.82) is 0 Å². The van der Waals surface area contributed by atoms with E-state index in [-0.39, 0.29) is 11.9 Å². The van der Waals surface area contributed by atoms with Crippen molar-refractivity contribution in [3.05, 3.63) is 0 Å². The summed E-state index contributed by atoms with van der Waals surface area (Å²) in [5, 5.41) is 2.85. The summed E-state index contributed by atoms with van der Waals surface area (Å²) in [4.78, 5) is 26.0. The molecule has 1 N–H and O–H groups in total. The van der Waals surface area contributed by atoms with E-state index in [0.29, 0.717) is 32.4 Å². The number of nitrogens with one attached hydrogen (secondary N) is 1. The molecule has 0 radical (unpaired) electrons. The molecular formula is C15H24Cl2N2O3. The van der Waals surface area contributed by atoms with E-state index < -0.39 is 21.4 Å². The number of rotatable bonds is 2. The van der Waals surface area contributed by atoms with Gasteiger partial charge in [0.05, 0.1) is 5.41 Å². The van der Waals surface area contributed by atoms with Crippen LogP contribution in [0.5, 0.6) is 0 Å². The number of piperidine rings is 1. The van der Waals surface area contributed by atoms with Gasteiger partial charge in [0.1, 0.15) is 9.93 Å². The lowest BCUT2D eigenvalue weighted by Gasteiger charge is -2.34. The van der Waals surface area contributed by atoms with Crippen molar-refractivity contribution in [2.75, 3.05) is 13.1 Å². The van der Waals surface area contributed by atoms with E-state index in [9.17, 15) is 9.59 Å². The number of carbonyl (C=O) groups is 2. The Bertz CT molecular complexity index is 468. The zero-order chi connectivity index (χ0) is 16.8. The molecule has 1 aliphatic carbocycles. The summed E-state index contributed by atoms with van der Waals surface area (Å²) in [5.41, 5.74) is -1.17. The van der Waals surface area contributed by atoms with E-state index in [0.717, 1.165) is 0 Å². The molecule has 0 spiro atoms. The molecule has 0 aromatic carbocycles. The van der Waals surface area contributed by atoms with Gasteiger partial charge in [0.2, 0.25) is 5.91 Å². The van der Waals surface area contributed by atoms with Crippen LogP contribution in [-0.4, -0.2) is 46.0 Å². The summed E-state index contributed by atoms with van der Waals surface area (Å²) < 4.78 is 4.31. The standard InChI is InChI=1S/C15H24Cl2N2O3/c1-13(2,3)22-12(21)18-10-5-7-19(8-6-10)11(20)14(4)9-15(14,16)17/h10H,5-9H2,1-4H3,(H,18,21)/t14-/m0/s1. The summed E-state index contributed by atoms with van der Waals surface area (Å²) in [6.45, 7) is 8.48. The van der Waals surface area contributed by atoms with E-state index in [2.05, 4.69) is 5.32 Å². The fourth-order valence-electron chi connectivity index (χ4n) is 2.68. The molecule has 126 valence electrons. The molecule has 0 unspecified atom stereocenters. The minimum Gasteiger partial charge on any atom is -0.444 e. The van der Waals surface area contributed by atoms with Crippen LogP contribution in [-0.2, 0) is 9.53 Å². The second kappa shape index (κ2) is 5.75. The van der Waals surface area contributed by atoms with Gasteiger partial charge in [-0.05, 0) is 47.0 Å². The monoisotopic (exact) mass is 350 g/mol. The quantitative estimate of drug-likeness (QED) is 0.778. The van der Waals surface area contributed by atoms with Crippen LogP contribution in [0.25, 0.3) is 0 Å². The Morgan fingerprint density at radius 3 is 2.14 bits per heavy atom. The molecule has 1 saturated heterocycles. The Labute approximate surface area is 141 Å². The van der Waals surface area contributed by atoms with Crippen molar-refractivity contribution in [3.8, 4) is 0 Å². The first-order valence-corrected chi connectivity index (χ1v) is 8.37. The number of nitrogens with zero attached hydrogens (tertiary/aromatic N) is 1. The van der Waals surface area contributed by atoms with Crippen LogP contribution in [0.15, 0.2) is 0 Å². The topological polar surface area (TPSA) is 58.6 Å². The Hall–Kier alpha value is -0.680. The molecule has 0 aromatic heterocycles. The van der Waals surface area contributed by atoms with Gasteiger partial charge in [-0.3, -0.25) is 4.79 Å². The second-order valence-electron chi connectivity index (χ2n) is 7.43. The van der Waals surface area contributed by atoms with Crippen molar-refractivity contribution in [1.82, 2.24) is 10.2 Å². The minimum atomic E-state index is -0.935. The predicted molar refractivity (Wildman–Crippen MR) is 86.1 cm³/mol. The number of ether oxygens (including phenoxy) is 1. The smallest absolute Gasteiger partial charge is 0.407 e. The number of amides is 2. The van der Waals surface area contributed by atoms with E-state index in [1.54, 1.807) is 11.8 Å². The van der Waals surface area contributed by atoms with Crippen LogP contribution in [0.2, 0.25) is 0 Å². The van der Waals surface area contributed by atoms with Gasteiger partial charge in [0.25, 0.3) is 0 Å². The van der Waals surface area contributed by atoms with Crippen LogP contribution >= 0.6 is 23.2 Å². The van der Waals surface area contributed by atoms with Gasteiger partial charge in [0.15, 0.2) is 0 Å². The predicted octanol–water partition coefficient (Wildman–Crippen LogP) is 3.09. The number of halogens is 2. The number of likely N-dealkylation sites (tertiary alicyclic amines) is 1. The number of hydrogen-bond donors (Lipinski definition) is 1. The molecule has 1 saturated carbocycles. The Balaban J connectivity index is 1.79. The summed E-state index contributed by atoms with van der Waals surface area (Å²) in [7, 11) is 0. The Kier molecular flexibility index (Phi) is 4.62. The van der Waals surface area contributed by atoms with Crippen molar-refractivity contribution in [2.45, 2.75) is 62.9 Å². The number of carbonyl (C=O) groups excluding carboxylic acids is 2. The van der Waals surface area contributed by atoms with Crippen LogP contribution in [0.3, 0.4) is 0 Å². The van der Waals surface area contributed by atoms with E-state index >= 15 is 0 Å². The molecule has 7 heteroatoms. The lowest BCUT2D eigenvalue weighted by Crippen LogP contribution is -2.49. The van der Waals surface area contributed by atoms with Gasteiger partial charge >= 0.3 is 6.09 Å². The van der Waals surface area contributed by atoms with Gasteiger partial charge in [-0.1, -0.05) is 0 Å². The number of hydrogen-bond acceptors (Lipinski definition) is 3. The first-order valence-electron chi connectivity index (χ1n) is 7.61. The summed E-state index contributed by atoms with van der Waals surface area (Å²) in [6, 6.07) is 0.0302. The number of alkyl halides is 2. The van der Waals surface area contributed by atoms with Gasteiger partial charge in [-0.15, -0.1) is 23.2 Å². The van der Waals surface area contributed by atoms with Crippen molar-refractivity contribution < 1.29 is 14.3 Å². The molecule has 5 nitrogen and oxygen atoms in total. The first-order chi connectivity index (χ1) is 9.95. The SMILES string of the molecule is CC(C)(C)OC(=O)NC1CCN(C(=O)[C@]2(C)CC2(Cl)Cl)CC1. The van der Waals surface area contributed by atoms with Crippen molar-refractivity contribution in [3.63, 3.8) is 0 Å². The molecule has 1 heterocycles. The van der Waals surface area contributed by atoms with E-state index in [1.165, 1.54) is 0 Å². The van der Waals surface area contributed by atoms with Crippen LogP contribution < -0.4 is 5.32 Å². The van der Waals surface area contributed by atoms with Gasteiger partial charge < -0.3 is 15.0 Å². The highest BCUT2D eigenvalue weighted by atomic mass is 35.5. The van der Waals surface area contributed by atoms with E-state index in [1.807, 2.05) is 20.8 Å². The highest BCUT2D eigenvalue weighted by Crippen LogP contribution is 2.64. The lowest BCUT2D eigenvalue weighted by molar-refractivity contribution is -0.137. The summed E-state index contributed by atoms with van der Waals surface area (Å²) >= 11 is 12.1. The molecule has 1 atom stereocenters. The second-order valence-corrected chi connectivity index (χ2v) is 8.91. The first kappa shape index (κ1) is 17.7. The van der Waals surface area contributed by atoms with Gasteiger partial charge in [-0.2, -0.15) is 0 Å². The third-order valence-electron chi connectivity index (χ3n) is 4.23. The zero-order valence-electron chi connectivity index (χ0n) is 13.5. The highest BCUT2D eigenvalue weighted by molar-refractivity contribution is 6.53.